The van der Waals surface area contributed by atoms with Crippen LogP contribution in [0.2, 0.25) is 0 Å². The Morgan fingerprint density at radius 2 is 1.39 bits per heavy atom. The molecule has 1 aliphatic carbocycles. The predicted molar refractivity (Wildman–Crippen MR) is 92.9 cm³/mol. The zero-order valence-electron chi connectivity index (χ0n) is 12.5. The van der Waals surface area contributed by atoms with E-state index in [1.165, 1.54) is 0 Å². The van der Waals surface area contributed by atoms with E-state index in [-0.39, 0.29) is 0 Å². The normalized spacial score (nSPS) is 12.3. The number of benzene rings is 2. The summed E-state index contributed by atoms with van der Waals surface area (Å²) >= 11 is 0. The molecule has 1 aromatic heterocycles. The van der Waals surface area contributed by atoms with Gasteiger partial charge in [0.25, 0.3) is 0 Å². The maximum atomic E-state index is 6.05. The van der Waals surface area contributed by atoms with E-state index in [2.05, 4.69) is 24.3 Å². The second-order valence-electron chi connectivity index (χ2n) is 5.29. The molecule has 0 bridgehead atoms. The van der Waals surface area contributed by atoms with Crippen LogP contribution in [0.1, 0.15) is 16.8 Å². The maximum Gasteiger partial charge on any atom is 0.228 e. The fraction of sp³-hybridized carbons (Fsp3) is 0. The SMILES string of the molecule is C1=CC=c2oc(=C(c3ccccc3)c3ccccc3)nc2C=C1. The molecule has 0 spiro atoms. The van der Waals surface area contributed by atoms with Crippen LogP contribution in [0.5, 0.6) is 0 Å². The summed E-state index contributed by atoms with van der Waals surface area (Å²) in [5.41, 5.74) is 5.47. The summed E-state index contributed by atoms with van der Waals surface area (Å²) in [6.45, 7) is 0. The second kappa shape index (κ2) is 5.93. The molecule has 0 saturated carbocycles. The molecule has 3 aromatic rings. The van der Waals surface area contributed by atoms with Gasteiger partial charge >= 0.3 is 0 Å². The number of nitrogens with zero attached hydrogens (tertiary/aromatic N) is 1. The zero-order valence-corrected chi connectivity index (χ0v) is 12.5. The first kappa shape index (κ1) is 13.5. The molecule has 110 valence electrons. The van der Waals surface area contributed by atoms with Gasteiger partial charge in [0.15, 0.2) is 5.42 Å². The molecule has 2 heteroatoms. The summed E-state index contributed by atoms with van der Waals surface area (Å²) in [6, 6.07) is 20.5. The van der Waals surface area contributed by atoms with Crippen molar-refractivity contribution in [2.45, 2.75) is 0 Å². The minimum atomic E-state index is 0.642. The number of allylic oxidation sites excluding steroid dienone is 3. The van der Waals surface area contributed by atoms with Crippen LogP contribution in [0.4, 0.5) is 0 Å². The van der Waals surface area contributed by atoms with Gasteiger partial charge in [-0.05, 0) is 23.3 Å². The predicted octanol–water partition coefficient (Wildman–Crippen LogP) is 3.29. The van der Waals surface area contributed by atoms with Gasteiger partial charge in [-0.2, -0.15) is 0 Å². The van der Waals surface area contributed by atoms with Gasteiger partial charge in [0.05, 0.1) is 5.57 Å². The Hall–Kier alpha value is -3.13. The van der Waals surface area contributed by atoms with Gasteiger partial charge in [-0.3, -0.25) is 0 Å². The molecule has 1 heterocycles. The Bertz CT molecular complexity index is 952. The minimum absolute atomic E-state index is 0.642. The molecule has 0 unspecified atom stereocenters. The summed E-state index contributed by atoms with van der Waals surface area (Å²) in [5.74, 6) is 0. The van der Waals surface area contributed by atoms with E-state index >= 15 is 0 Å². The third-order valence-electron chi connectivity index (χ3n) is 3.74. The van der Waals surface area contributed by atoms with Gasteiger partial charge in [0, 0.05) is 0 Å². The number of aromatic nitrogens is 1. The van der Waals surface area contributed by atoms with Gasteiger partial charge in [-0.25, -0.2) is 4.98 Å². The average molecular weight is 297 g/mol. The number of oxazole rings is 1. The molecule has 0 aliphatic heterocycles. The Labute approximate surface area is 134 Å². The van der Waals surface area contributed by atoms with E-state index in [4.69, 9.17) is 9.40 Å². The Kier molecular flexibility index (Phi) is 3.49. The van der Waals surface area contributed by atoms with Crippen molar-refractivity contribution in [3.05, 3.63) is 107 Å². The molecule has 4 rings (SSSR count). The molecule has 2 nitrogen and oxygen atoms in total. The smallest absolute Gasteiger partial charge is 0.228 e. The lowest BCUT2D eigenvalue weighted by Gasteiger charge is -2.05. The lowest BCUT2D eigenvalue weighted by molar-refractivity contribution is 0.489. The third-order valence-corrected chi connectivity index (χ3v) is 3.74. The van der Waals surface area contributed by atoms with E-state index in [0.29, 0.717) is 5.55 Å². The Balaban J connectivity index is 2.05. The molecule has 0 radical (unpaired) electrons. The van der Waals surface area contributed by atoms with Crippen molar-refractivity contribution in [1.82, 2.24) is 4.98 Å². The fourth-order valence-electron chi connectivity index (χ4n) is 2.67. The molecule has 0 N–H and O–H groups in total. The van der Waals surface area contributed by atoms with Gasteiger partial charge in [-0.15, -0.1) is 0 Å². The minimum Gasteiger partial charge on any atom is -0.436 e. The summed E-state index contributed by atoms with van der Waals surface area (Å²) in [5, 5.41) is 0. The van der Waals surface area contributed by atoms with E-state index in [9.17, 15) is 0 Å². The lowest BCUT2D eigenvalue weighted by Crippen LogP contribution is -2.10. The molecule has 1 aliphatic rings. The molecular formula is C21H15NO. The molecule has 23 heavy (non-hydrogen) atoms. The van der Waals surface area contributed by atoms with Crippen molar-refractivity contribution in [1.29, 1.82) is 0 Å². The number of hydrogen-bond acceptors (Lipinski definition) is 2. The van der Waals surface area contributed by atoms with E-state index in [1.807, 2.05) is 66.8 Å². The van der Waals surface area contributed by atoms with E-state index in [0.717, 1.165) is 27.8 Å². The van der Waals surface area contributed by atoms with Crippen LogP contribution >= 0.6 is 0 Å². The largest absolute Gasteiger partial charge is 0.436 e. The number of hydrogen-bond donors (Lipinski definition) is 0. The quantitative estimate of drug-likeness (QED) is 0.725. The van der Waals surface area contributed by atoms with Gasteiger partial charge < -0.3 is 4.42 Å². The van der Waals surface area contributed by atoms with Crippen molar-refractivity contribution in [3.63, 3.8) is 0 Å². The van der Waals surface area contributed by atoms with Gasteiger partial charge in [0.1, 0.15) is 5.69 Å². The highest BCUT2D eigenvalue weighted by atomic mass is 16.3. The van der Waals surface area contributed by atoms with Gasteiger partial charge in [0.2, 0.25) is 5.55 Å². The van der Waals surface area contributed by atoms with Crippen LogP contribution in [-0.4, -0.2) is 4.98 Å². The topological polar surface area (TPSA) is 26.0 Å². The van der Waals surface area contributed by atoms with Crippen molar-refractivity contribution >= 4 is 17.7 Å². The number of fused-ring (bicyclic) bond motifs is 1. The maximum absolute atomic E-state index is 6.05. The standard InChI is InChI=1S/C21H15NO/c1-4-10-16(11-5-1)20(17-12-6-2-7-13-17)21-22-18-14-8-3-9-15-19(18)23-21/h1-15H. The van der Waals surface area contributed by atoms with Crippen LogP contribution < -0.4 is 11.0 Å². The molecule has 0 amide bonds. The first-order chi connectivity index (χ1) is 11.4. The summed E-state index contributed by atoms with van der Waals surface area (Å²) in [6.07, 6.45) is 9.81. The first-order valence-corrected chi connectivity index (χ1v) is 7.59. The second-order valence-corrected chi connectivity index (χ2v) is 5.29. The van der Waals surface area contributed by atoms with Crippen LogP contribution in [0.3, 0.4) is 0 Å². The molecule has 0 saturated heterocycles. The monoisotopic (exact) mass is 297 g/mol. The van der Waals surface area contributed by atoms with Crippen LogP contribution in [0, 0.1) is 0 Å². The van der Waals surface area contributed by atoms with Crippen molar-refractivity contribution < 1.29 is 4.42 Å². The highest BCUT2D eigenvalue weighted by Gasteiger charge is 2.11. The van der Waals surface area contributed by atoms with Crippen molar-refractivity contribution in [3.8, 4) is 0 Å². The van der Waals surface area contributed by atoms with Crippen LogP contribution in [0.15, 0.2) is 83.3 Å². The van der Waals surface area contributed by atoms with Crippen molar-refractivity contribution in [2.75, 3.05) is 0 Å². The number of rotatable bonds is 2. The summed E-state index contributed by atoms with van der Waals surface area (Å²) < 4.78 is 6.05. The zero-order chi connectivity index (χ0) is 15.5. The Morgan fingerprint density at radius 1 is 0.739 bits per heavy atom. The molecular weight excluding hydrogens is 282 g/mol. The van der Waals surface area contributed by atoms with Crippen molar-refractivity contribution in [2.24, 2.45) is 0 Å². The fourth-order valence-corrected chi connectivity index (χ4v) is 2.67. The summed E-state index contributed by atoms with van der Waals surface area (Å²) in [7, 11) is 0. The van der Waals surface area contributed by atoms with Crippen LogP contribution in [0.25, 0.3) is 17.7 Å². The van der Waals surface area contributed by atoms with E-state index < -0.39 is 0 Å². The first-order valence-electron chi connectivity index (χ1n) is 7.59. The average Bonchev–Trinajstić information content (AvgIpc) is 2.87. The van der Waals surface area contributed by atoms with Crippen LogP contribution in [-0.2, 0) is 0 Å². The molecule has 0 fully saturated rings. The molecule has 2 aromatic carbocycles. The summed E-state index contributed by atoms with van der Waals surface area (Å²) in [4.78, 5) is 4.70. The Morgan fingerprint density at radius 3 is 2.04 bits per heavy atom. The molecule has 0 atom stereocenters. The van der Waals surface area contributed by atoms with E-state index in [1.54, 1.807) is 0 Å². The highest BCUT2D eigenvalue weighted by Crippen LogP contribution is 2.20. The lowest BCUT2D eigenvalue weighted by atomic mass is 9.99. The van der Waals surface area contributed by atoms with Gasteiger partial charge in [-0.1, -0.05) is 78.9 Å². The third kappa shape index (κ3) is 2.67. The highest BCUT2D eigenvalue weighted by molar-refractivity contribution is 5.78.